The lowest BCUT2D eigenvalue weighted by atomic mass is 10.4. The fourth-order valence-electron chi connectivity index (χ4n) is 1.60. The number of rotatable bonds is 6. The molecule has 116 valence electrons. The van der Waals surface area contributed by atoms with E-state index in [1.165, 1.54) is 42.1 Å². The average Bonchev–Trinajstić information content (AvgIpc) is 3.20. The fraction of sp³-hybridized carbons (Fsp3) is 0.385. The normalized spacial score (nSPS) is 15.4. The van der Waals surface area contributed by atoms with Crippen LogP contribution in [0.5, 0.6) is 0 Å². The third-order valence-corrected chi connectivity index (χ3v) is 5.20. The summed E-state index contributed by atoms with van der Waals surface area (Å²) in [6, 6.07) is 3.89. The van der Waals surface area contributed by atoms with Crippen LogP contribution in [0.1, 0.15) is 19.8 Å². The van der Waals surface area contributed by atoms with Gasteiger partial charge in [-0.25, -0.2) is 4.98 Å². The summed E-state index contributed by atoms with van der Waals surface area (Å²) >= 11 is 8.61. The van der Waals surface area contributed by atoms with Gasteiger partial charge in [0, 0.05) is 12.2 Å². The molecule has 2 aromatic rings. The van der Waals surface area contributed by atoms with Gasteiger partial charge in [-0.2, -0.15) is 0 Å². The molecule has 9 heteroatoms. The standard InChI is InChI=1S/C13H14ClN5OS2/c1-7(11(20)17-10-5-2-8(14)6-15-10)21-13-19-18-12(22-13)16-9-3-4-9/h2,5-7,9H,3-4H2,1H3,(H,16,18)(H,15,17,20). The van der Waals surface area contributed by atoms with Crippen molar-refractivity contribution >= 4 is 51.6 Å². The molecule has 3 rings (SSSR count). The van der Waals surface area contributed by atoms with E-state index in [9.17, 15) is 4.79 Å². The molecule has 0 radical (unpaired) electrons. The number of pyridine rings is 1. The van der Waals surface area contributed by atoms with E-state index in [4.69, 9.17) is 11.6 Å². The number of hydrogen-bond donors (Lipinski definition) is 2. The minimum atomic E-state index is -0.292. The molecule has 2 aromatic heterocycles. The van der Waals surface area contributed by atoms with Gasteiger partial charge in [-0.3, -0.25) is 4.79 Å². The van der Waals surface area contributed by atoms with Crippen LogP contribution in [0.2, 0.25) is 5.02 Å². The number of amides is 1. The third-order valence-electron chi connectivity index (χ3n) is 2.94. The molecule has 0 aromatic carbocycles. The Morgan fingerprint density at radius 2 is 2.27 bits per heavy atom. The highest BCUT2D eigenvalue weighted by molar-refractivity contribution is 8.02. The molecule has 0 saturated heterocycles. The molecule has 6 nitrogen and oxygen atoms in total. The van der Waals surface area contributed by atoms with E-state index >= 15 is 0 Å². The van der Waals surface area contributed by atoms with E-state index in [1.807, 2.05) is 6.92 Å². The van der Waals surface area contributed by atoms with E-state index in [2.05, 4.69) is 25.8 Å². The van der Waals surface area contributed by atoms with Crippen LogP contribution >= 0.6 is 34.7 Å². The first kappa shape index (κ1) is 15.5. The first-order valence-corrected chi connectivity index (χ1v) is 8.86. The van der Waals surface area contributed by atoms with E-state index in [0.717, 1.165) is 9.47 Å². The van der Waals surface area contributed by atoms with Crippen molar-refractivity contribution in [1.82, 2.24) is 15.2 Å². The molecule has 0 bridgehead atoms. The maximum Gasteiger partial charge on any atom is 0.238 e. The summed E-state index contributed by atoms with van der Waals surface area (Å²) in [5.41, 5.74) is 0. The Hall–Kier alpha value is -1.38. The van der Waals surface area contributed by atoms with Crippen LogP contribution in [0.25, 0.3) is 0 Å². The highest BCUT2D eigenvalue weighted by atomic mass is 35.5. The topological polar surface area (TPSA) is 79.8 Å². The van der Waals surface area contributed by atoms with Crippen molar-refractivity contribution in [2.45, 2.75) is 35.4 Å². The van der Waals surface area contributed by atoms with Gasteiger partial charge in [-0.05, 0) is 31.9 Å². The summed E-state index contributed by atoms with van der Waals surface area (Å²) in [6.07, 6.45) is 3.87. The zero-order chi connectivity index (χ0) is 15.5. The minimum Gasteiger partial charge on any atom is -0.357 e. The number of carbonyl (C=O) groups is 1. The predicted molar refractivity (Wildman–Crippen MR) is 89.7 cm³/mol. The maximum atomic E-state index is 12.1. The molecule has 0 spiro atoms. The Morgan fingerprint density at radius 3 is 2.95 bits per heavy atom. The van der Waals surface area contributed by atoms with Crippen molar-refractivity contribution < 1.29 is 4.79 Å². The van der Waals surface area contributed by atoms with Gasteiger partial charge >= 0.3 is 0 Å². The van der Waals surface area contributed by atoms with Crippen LogP contribution in [0.4, 0.5) is 10.9 Å². The lowest BCUT2D eigenvalue weighted by Crippen LogP contribution is -2.22. The van der Waals surface area contributed by atoms with Crippen molar-refractivity contribution in [3.05, 3.63) is 23.4 Å². The largest absolute Gasteiger partial charge is 0.357 e. The highest BCUT2D eigenvalue weighted by Gasteiger charge is 2.23. The highest BCUT2D eigenvalue weighted by Crippen LogP contribution is 2.32. The van der Waals surface area contributed by atoms with Gasteiger partial charge in [0.05, 0.1) is 10.3 Å². The van der Waals surface area contributed by atoms with Gasteiger partial charge in [-0.15, -0.1) is 10.2 Å². The van der Waals surface area contributed by atoms with Crippen molar-refractivity contribution in [2.75, 3.05) is 10.6 Å². The lowest BCUT2D eigenvalue weighted by Gasteiger charge is -2.09. The van der Waals surface area contributed by atoms with Gasteiger partial charge in [0.15, 0.2) is 4.34 Å². The number of halogens is 1. The van der Waals surface area contributed by atoms with Gasteiger partial charge in [0.25, 0.3) is 0 Å². The van der Waals surface area contributed by atoms with Crippen LogP contribution < -0.4 is 10.6 Å². The van der Waals surface area contributed by atoms with Gasteiger partial charge in [0.1, 0.15) is 5.82 Å². The zero-order valence-corrected chi connectivity index (χ0v) is 14.1. The van der Waals surface area contributed by atoms with Crippen molar-refractivity contribution in [3.63, 3.8) is 0 Å². The summed E-state index contributed by atoms with van der Waals surface area (Å²) in [5.74, 6) is 0.349. The number of aromatic nitrogens is 3. The number of nitrogens with zero attached hydrogens (tertiary/aromatic N) is 3. The van der Waals surface area contributed by atoms with E-state index < -0.39 is 0 Å². The Morgan fingerprint density at radius 1 is 1.45 bits per heavy atom. The lowest BCUT2D eigenvalue weighted by molar-refractivity contribution is -0.115. The van der Waals surface area contributed by atoms with E-state index in [1.54, 1.807) is 12.1 Å². The molecular weight excluding hydrogens is 342 g/mol. The molecule has 1 amide bonds. The number of carbonyl (C=O) groups excluding carboxylic acids is 1. The molecule has 1 saturated carbocycles. The second-order valence-electron chi connectivity index (χ2n) is 4.90. The molecule has 1 aliphatic carbocycles. The van der Waals surface area contributed by atoms with Gasteiger partial charge < -0.3 is 10.6 Å². The van der Waals surface area contributed by atoms with Crippen LogP contribution in [0.15, 0.2) is 22.7 Å². The van der Waals surface area contributed by atoms with Crippen LogP contribution in [0.3, 0.4) is 0 Å². The summed E-state index contributed by atoms with van der Waals surface area (Å²) in [7, 11) is 0. The summed E-state index contributed by atoms with van der Waals surface area (Å²) in [4.78, 5) is 16.2. The second kappa shape index (κ2) is 6.80. The Balaban J connectivity index is 1.53. The monoisotopic (exact) mass is 355 g/mol. The van der Waals surface area contributed by atoms with Gasteiger partial charge in [-0.1, -0.05) is 34.7 Å². The summed E-state index contributed by atoms with van der Waals surface area (Å²) in [6.45, 7) is 1.82. The predicted octanol–water partition coefficient (Wildman–Crippen LogP) is 3.28. The number of anilines is 2. The smallest absolute Gasteiger partial charge is 0.238 e. The minimum absolute atomic E-state index is 0.133. The van der Waals surface area contributed by atoms with Crippen LogP contribution in [-0.4, -0.2) is 32.4 Å². The summed E-state index contributed by atoms with van der Waals surface area (Å²) in [5, 5.41) is 15.3. The van der Waals surface area contributed by atoms with Crippen molar-refractivity contribution in [3.8, 4) is 0 Å². The van der Waals surface area contributed by atoms with Gasteiger partial charge in [0.2, 0.25) is 11.0 Å². The first-order chi connectivity index (χ1) is 10.6. The van der Waals surface area contributed by atoms with Crippen molar-refractivity contribution in [1.29, 1.82) is 0 Å². The summed E-state index contributed by atoms with van der Waals surface area (Å²) < 4.78 is 0.773. The second-order valence-corrected chi connectivity index (χ2v) is 7.90. The Bertz CT molecular complexity index is 659. The molecule has 0 aliphatic heterocycles. The first-order valence-electron chi connectivity index (χ1n) is 6.79. The average molecular weight is 356 g/mol. The van der Waals surface area contributed by atoms with E-state index in [-0.39, 0.29) is 11.2 Å². The fourth-order valence-corrected chi connectivity index (χ4v) is 3.69. The zero-order valence-electron chi connectivity index (χ0n) is 11.7. The Kier molecular flexibility index (Phi) is 4.80. The Labute approximate surface area is 141 Å². The number of nitrogens with one attached hydrogen (secondary N) is 2. The number of hydrogen-bond acceptors (Lipinski definition) is 7. The molecular formula is C13H14ClN5OS2. The van der Waals surface area contributed by atoms with Crippen LogP contribution in [-0.2, 0) is 4.79 Å². The molecule has 1 aliphatic rings. The van der Waals surface area contributed by atoms with Crippen LogP contribution in [0, 0.1) is 0 Å². The molecule has 22 heavy (non-hydrogen) atoms. The molecule has 1 fully saturated rings. The SMILES string of the molecule is CC(Sc1nnc(NC2CC2)s1)C(=O)Nc1ccc(Cl)cn1. The maximum absolute atomic E-state index is 12.1. The third kappa shape index (κ3) is 4.31. The molecule has 2 heterocycles. The molecule has 2 N–H and O–H groups in total. The molecule has 1 atom stereocenters. The van der Waals surface area contributed by atoms with E-state index in [0.29, 0.717) is 16.9 Å². The molecule has 1 unspecified atom stereocenters. The quantitative estimate of drug-likeness (QED) is 0.774. The van der Waals surface area contributed by atoms with Crippen molar-refractivity contribution in [2.24, 2.45) is 0 Å². The number of thioether (sulfide) groups is 1.